The molecule has 0 saturated carbocycles. The normalized spacial score (nSPS) is 24.9. The smallest absolute Gasteiger partial charge is 0.737 e. The third kappa shape index (κ3) is 3.47. The van der Waals surface area contributed by atoms with Crippen molar-refractivity contribution in [1.82, 2.24) is 9.91 Å². The van der Waals surface area contributed by atoms with Gasteiger partial charge in [-0.15, -0.1) is 5.01 Å². The van der Waals surface area contributed by atoms with E-state index in [0.29, 0.717) is 32.8 Å². The molecule has 0 radical (unpaired) electrons. The topological polar surface area (TPSA) is 94.3 Å². The second kappa shape index (κ2) is 7.13. The zero-order chi connectivity index (χ0) is 12.3. The molecule has 9 heteroatoms. The number of piperazine rings is 1. The van der Waals surface area contributed by atoms with Crippen molar-refractivity contribution in [2.75, 3.05) is 32.8 Å². The van der Waals surface area contributed by atoms with E-state index in [1.165, 1.54) is 5.01 Å². The number of hydrogen-bond donors (Lipinski definition) is 0. The Morgan fingerprint density at radius 3 is 2.50 bits per heavy atom. The van der Waals surface area contributed by atoms with Crippen LogP contribution in [-0.4, -0.2) is 59.7 Å². The van der Waals surface area contributed by atoms with Gasteiger partial charge in [0.05, 0.1) is 13.1 Å². The van der Waals surface area contributed by atoms with Crippen LogP contribution in [-0.2, 0) is 9.53 Å². The van der Waals surface area contributed by atoms with Crippen molar-refractivity contribution in [2.24, 2.45) is 5.28 Å². The Hall–Kier alpha value is -0.570. The first kappa shape index (κ1) is 15.5. The standard InChI is InChI=1S/C9H16N4O4.Na/c14-9(8-2-1-7-17-8)11-3-5-12(6-4-11)13(16)10-15;/h8,15H,1-7H2;/q;+1/p-1/b13-10-;. The minimum absolute atomic E-state index is 0. The molecule has 2 rings (SSSR count). The third-order valence-electron chi connectivity index (χ3n) is 3.08. The van der Waals surface area contributed by atoms with Crippen molar-refractivity contribution in [3.05, 3.63) is 10.4 Å². The Kier molecular flexibility index (Phi) is 6.13. The number of hydrogen-bond acceptors (Lipinski definition) is 5. The summed E-state index contributed by atoms with van der Waals surface area (Å²) in [7, 11) is 0. The fourth-order valence-corrected chi connectivity index (χ4v) is 2.12. The molecule has 1 atom stereocenters. The molecule has 0 spiro atoms. The van der Waals surface area contributed by atoms with Crippen LogP contribution in [0.15, 0.2) is 5.28 Å². The van der Waals surface area contributed by atoms with Crippen molar-refractivity contribution in [3.63, 3.8) is 0 Å². The van der Waals surface area contributed by atoms with Gasteiger partial charge in [0.2, 0.25) is 0 Å². The Balaban J connectivity index is 0.00000162. The van der Waals surface area contributed by atoms with Crippen LogP contribution in [0, 0.1) is 10.4 Å². The van der Waals surface area contributed by atoms with Crippen LogP contribution in [0.25, 0.3) is 0 Å². The fourth-order valence-electron chi connectivity index (χ4n) is 2.12. The number of carbonyl (C=O) groups is 1. The Morgan fingerprint density at radius 1 is 1.33 bits per heavy atom. The van der Waals surface area contributed by atoms with E-state index in [9.17, 15) is 15.2 Å². The van der Waals surface area contributed by atoms with E-state index in [-0.39, 0.29) is 46.5 Å². The van der Waals surface area contributed by atoms with Gasteiger partial charge in [-0.1, -0.05) is 0 Å². The Bertz CT molecular complexity index is 314. The maximum absolute atomic E-state index is 12.0. The second-order valence-electron chi connectivity index (χ2n) is 4.12. The summed E-state index contributed by atoms with van der Waals surface area (Å²) >= 11 is 0. The average molecular weight is 266 g/mol. The van der Waals surface area contributed by atoms with Gasteiger partial charge in [-0.05, 0) is 18.1 Å². The van der Waals surface area contributed by atoms with E-state index in [1.807, 2.05) is 0 Å². The van der Waals surface area contributed by atoms with Gasteiger partial charge in [0, 0.05) is 24.7 Å². The zero-order valence-corrected chi connectivity index (χ0v) is 12.4. The van der Waals surface area contributed by atoms with Crippen LogP contribution in [0.4, 0.5) is 0 Å². The van der Waals surface area contributed by atoms with Crippen molar-refractivity contribution in [3.8, 4) is 0 Å². The molecule has 18 heavy (non-hydrogen) atoms. The van der Waals surface area contributed by atoms with Gasteiger partial charge >= 0.3 is 29.6 Å². The second-order valence-corrected chi connectivity index (χ2v) is 4.12. The zero-order valence-electron chi connectivity index (χ0n) is 10.4. The molecule has 1 amide bonds. The van der Waals surface area contributed by atoms with Gasteiger partial charge in [-0.3, -0.25) is 4.79 Å². The Morgan fingerprint density at radius 2 is 2.00 bits per heavy atom. The molecular weight excluding hydrogens is 251 g/mol. The molecule has 2 aliphatic rings. The first-order chi connectivity index (χ1) is 8.22. The summed E-state index contributed by atoms with van der Waals surface area (Å²) in [5.74, 6) is -0.0151. The molecule has 2 saturated heterocycles. The molecule has 1 unspecified atom stereocenters. The van der Waals surface area contributed by atoms with Gasteiger partial charge in [0.1, 0.15) is 6.10 Å². The fraction of sp³-hybridized carbons (Fsp3) is 0.889. The van der Waals surface area contributed by atoms with Crippen molar-refractivity contribution in [1.29, 1.82) is 0 Å². The van der Waals surface area contributed by atoms with E-state index in [4.69, 9.17) is 4.74 Å². The summed E-state index contributed by atoms with van der Waals surface area (Å²) < 4.78 is 5.32. The van der Waals surface area contributed by atoms with Crippen LogP contribution in [0.3, 0.4) is 0 Å². The van der Waals surface area contributed by atoms with E-state index < -0.39 is 0 Å². The van der Waals surface area contributed by atoms with E-state index >= 15 is 0 Å². The molecule has 0 aliphatic carbocycles. The molecule has 0 aromatic rings. The van der Waals surface area contributed by atoms with Crippen molar-refractivity contribution in [2.45, 2.75) is 18.9 Å². The largest absolute Gasteiger partial charge is 1.00 e. The number of hydrazine groups is 1. The first-order valence-electron chi connectivity index (χ1n) is 5.68. The molecular formula is C9H15N4NaO4. The summed E-state index contributed by atoms with van der Waals surface area (Å²) in [5.41, 5.74) is 0. The molecule has 0 bridgehead atoms. The van der Waals surface area contributed by atoms with Crippen LogP contribution >= 0.6 is 0 Å². The summed E-state index contributed by atoms with van der Waals surface area (Å²) in [6.45, 7) is 2.14. The summed E-state index contributed by atoms with van der Waals surface area (Å²) in [5, 5.41) is 24.5. The van der Waals surface area contributed by atoms with E-state index in [0.717, 1.165) is 12.8 Å². The van der Waals surface area contributed by atoms with Crippen molar-refractivity contribution >= 4 is 5.91 Å². The molecule has 96 valence electrons. The molecule has 2 heterocycles. The minimum Gasteiger partial charge on any atom is -0.737 e. The minimum atomic E-state index is -0.325. The summed E-state index contributed by atoms with van der Waals surface area (Å²) in [4.78, 5) is 13.7. The molecule has 2 aliphatic heterocycles. The average Bonchev–Trinajstić information content (AvgIpc) is 2.91. The van der Waals surface area contributed by atoms with Crippen LogP contribution < -0.4 is 29.6 Å². The summed E-state index contributed by atoms with van der Waals surface area (Å²) in [6.07, 6.45) is 1.36. The van der Waals surface area contributed by atoms with E-state index in [1.54, 1.807) is 4.90 Å². The predicted molar refractivity (Wildman–Crippen MR) is 56.5 cm³/mol. The SMILES string of the molecule is O=C(C1CCCO1)N1CCN(/[N+]([O-])=N/[O-])CC1.[Na+]. The molecule has 2 fully saturated rings. The van der Waals surface area contributed by atoms with Crippen LogP contribution in [0.2, 0.25) is 0 Å². The summed E-state index contributed by atoms with van der Waals surface area (Å²) in [6, 6.07) is 0. The maximum Gasteiger partial charge on any atom is 1.00 e. The number of amides is 1. The number of nitrogens with zero attached hydrogens (tertiary/aromatic N) is 4. The molecule has 8 nitrogen and oxygen atoms in total. The van der Waals surface area contributed by atoms with Gasteiger partial charge in [0.25, 0.3) is 5.91 Å². The first-order valence-corrected chi connectivity index (χ1v) is 5.68. The van der Waals surface area contributed by atoms with Gasteiger partial charge < -0.3 is 20.1 Å². The monoisotopic (exact) mass is 266 g/mol. The van der Waals surface area contributed by atoms with Crippen LogP contribution in [0.1, 0.15) is 12.8 Å². The molecule has 0 aromatic heterocycles. The number of carbonyl (C=O) groups excluding carboxylic acids is 1. The van der Waals surface area contributed by atoms with Crippen LogP contribution in [0.5, 0.6) is 0 Å². The quantitative estimate of drug-likeness (QED) is 0.226. The van der Waals surface area contributed by atoms with Gasteiger partial charge in [0.15, 0.2) is 0 Å². The molecule has 0 aromatic carbocycles. The van der Waals surface area contributed by atoms with E-state index in [2.05, 4.69) is 5.28 Å². The van der Waals surface area contributed by atoms with Gasteiger partial charge in [-0.2, -0.15) is 0 Å². The number of rotatable bonds is 2. The van der Waals surface area contributed by atoms with Crippen molar-refractivity contribution < 1.29 is 44.1 Å². The Labute approximate surface area is 127 Å². The third-order valence-corrected chi connectivity index (χ3v) is 3.08. The van der Waals surface area contributed by atoms with Gasteiger partial charge in [-0.25, -0.2) is 0 Å². The maximum atomic E-state index is 12.0. The molecule has 0 N–H and O–H groups in total. The number of ether oxygens (including phenoxy) is 1. The predicted octanol–water partition coefficient (Wildman–Crippen LogP) is -3.31.